The van der Waals surface area contributed by atoms with E-state index in [0.29, 0.717) is 12.3 Å². The summed E-state index contributed by atoms with van der Waals surface area (Å²) in [6.07, 6.45) is 1.76. The van der Waals surface area contributed by atoms with Gasteiger partial charge in [0.2, 0.25) is 0 Å². The number of hydrogen-bond acceptors (Lipinski definition) is 3. The molecule has 0 aliphatic carbocycles. The second-order valence-corrected chi connectivity index (χ2v) is 4.99. The lowest BCUT2D eigenvalue weighted by molar-refractivity contribution is 0.451. The van der Waals surface area contributed by atoms with Crippen molar-refractivity contribution >= 4 is 11.0 Å². The number of para-hydroxylation sites is 1. The summed E-state index contributed by atoms with van der Waals surface area (Å²) in [5, 5.41) is 1.02. The van der Waals surface area contributed by atoms with Crippen LogP contribution in [0.1, 0.15) is 17.4 Å². The number of benzene rings is 1. The lowest BCUT2D eigenvalue weighted by atomic mass is 10.2. The van der Waals surface area contributed by atoms with Crippen LogP contribution >= 0.6 is 0 Å². The monoisotopic (exact) mass is 268 g/mol. The highest BCUT2D eigenvalue weighted by Crippen LogP contribution is 2.23. The van der Waals surface area contributed by atoms with Gasteiger partial charge < -0.3 is 14.7 Å². The van der Waals surface area contributed by atoms with Crippen LogP contribution in [-0.4, -0.2) is 4.57 Å². The first-order valence-electron chi connectivity index (χ1n) is 6.54. The van der Waals surface area contributed by atoms with Gasteiger partial charge >= 0.3 is 0 Å². The molecule has 2 N–H and O–H groups in total. The topological polar surface area (TPSA) is 61.2 Å². The first-order chi connectivity index (χ1) is 9.63. The number of nitrogens with zero attached hydrogens (tertiary/aromatic N) is 1. The first kappa shape index (κ1) is 12.7. The highest BCUT2D eigenvalue weighted by atomic mass is 16.3. The molecule has 0 saturated heterocycles. The molecule has 20 heavy (non-hydrogen) atoms. The van der Waals surface area contributed by atoms with E-state index in [4.69, 9.17) is 10.2 Å². The molecule has 1 unspecified atom stereocenters. The number of fused-ring (bicyclic) bond motifs is 1. The molecule has 0 saturated carbocycles. The molecule has 1 aromatic carbocycles. The molecule has 2 heterocycles. The third-order valence-electron chi connectivity index (χ3n) is 3.36. The predicted octanol–water partition coefficient (Wildman–Crippen LogP) is 2.60. The summed E-state index contributed by atoms with van der Waals surface area (Å²) < 4.78 is 7.33. The highest BCUT2D eigenvalue weighted by molar-refractivity contribution is 5.77. The van der Waals surface area contributed by atoms with Crippen molar-refractivity contribution in [1.82, 2.24) is 4.57 Å². The number of furan rings is 1. The second kappa shape index (κ2) is 4.98. The SMILES string of the molecule is Cc1ccn(CC(N)c2cc3ccccc3o2)c(=O)c1. The number of aryl methyl sites for hydroxylation is 1. The van der Waals surface area contributed by atoms with Gasteiger partial charge in [-0.1, -0.05) is 18.2 Å². The number of pyridine rings is 1. The van der Waals surface area contributed by atoms with Crippen molar-refractivity contribution in [3.63, 3.8) is 0 Å². The molecule has 0 bridgehead atoms. The van der Waals surface area contributed by atoms with Crippen LogP contribution in [0.3, 0.4) is 0 Å². The molecule has 0 aliphatic heterocycles. The maximum Gasteiger partial charge on any atom is 0.250 e. The Morgan fingerprint density at radius 2 is 2.05 bits per heavy atom. The van der Waals surface area contributed by atoms with Crippen LogP contribution in [0.15, 0.2) is 57.9 Å². The van der Waals surface area contributed by atoms with E-state index in [0.717, 1.165) is 16.5 Å². The number of hydrogen-bond donors (Lipinski definition) is 1. The lowest BCUT2D eigenvalue weighted by Gasteiger charge is -2.11. The predicted molar refractivity (Wildman–Crippen MR) is 78.6 cm³/mol. The van der Waals surface area contributed by atoms with E-state index < -0.39 is 0 Å². The third-order valence-corrected chi connectivity index (χ3v) is 3.36. The average molecular weight is 268 g/mol. The van der Waals surface area contributed by atoms with Crippen molar-refractivity contribution in [2.75, 3.05) is 0 Å². The molecular formula is C16H16N2O2. The van der Waals surface area contributed by atoms with Gasteiger partial charge in [0.15, 0.2) is 0 Å². The minimum absolute atomic E-state index is 0.0449. The average Bonchev–Trinajstić information content (AvgIpc) is 2.86. The van der Waals surface area contributed by atoms with Gasteiger partial charge in [-0.25, -0.2) is 0 Å². The molecule has 0 radical (unpaired) electrons. The van der Waals surface area contributed by atoms with E-state index in [-0.39, 0.29) is 11.6 Å². The van der Waals surface area contributed by atoms with E-state index in [1.807, 2.05) is 43.3 Å². The minimum Gasteiger partial charge on any atom is -0.459 e. The Bertz CT molecular complexity index is 768. The largest absolute Gasteiger partial charge is 0.459 e. The van der Waals surface area contributed by atoms with E-state index in [1.165, 1.54) is 0 Å². The quantitative estimate of drug-likeness (QED) is 0.794. The number of nitrogens with two attached hydrogens (primary N) is 1. The molecular weight excluding hydrogens is 252 g/mol. The van der Waals surface area contributed by atoms with Gasteiger partial charge in [0.05, 0.1) is 6.04 Å². The summed E-state index contributed by atoms with van der Waals surface area (Å²) in [7, 11) is 0. The Morgan fingerprint density at radius 1 is 1.25 bits per heavy atom. The smallest absolute Gasteiger partial charge is 0.250 e. The fourth-order valence-electron chi connectivity index (χ4n) is 2.24. The normalized spacial score (nSPS) is 12.7. The number of rotatable bonds is 3. The van der Waals surface area contributed by atoms with Crippen LogP contribution in [0.2, 0.25) is 0 Å². The summed E-state index contributed by atoms with van der Waals surface area (Å²) in [5.74, 6) is 0.693. The Hall–Kier alpha value is -2.33. The molecule has 1 atom stereocenters. The van der Waals surface area contributed by atoms with Crippen molar-refractivity contribution in [2.24, 2.45) is 5.73 Å². The maximum atomic E-state index is 11.9. The van der Waals surface area contributed by atoms with Crippen LogP contribution in [-0.2, 0) is 6.54 Å². The molecule has 4 nitrogen and oxygen atoms in total. The standard InChI is InChI=1S/C16H16N2O2/c1-11-6-7-18(16(19)8-11)10-13(17)15-9-12-4-2-3-5-14(12)20-15/h2-9,13H,10,17H2,1H3. The molecule has 3 aromatic rings. The van der Waals surface area contributed by atoms with Gasteiger partial charge in [0.25, 0.3) is 5.56 Å². The van der Waals surface area contributed by atoms with Crippen LogP contribution in [0.25, 0.3) is 11.0 Å². The first-order valence-corrected chi connectivity index (χ1v) is 6.54. The maximum absolute atomic E-state index is 11.9. The Morgan fingerprint density at radius 3 is 2.80 bits per heavy atom. The third kappa shape index (κ3) is 2.38. The van der Waals surface area contributed by atoms with Crippen molar-refractivity contribution in [3.8, 4) is 0 Å². The van der Waals surface area contributed by atoms with E-state index >= 15 is 0 Å². The van der Waals surface area contributed by atoms with Crippen molar-refractivity contribution in [1.29, 1.82) is 0 Å². The molecule has 0 amide bonds. The van der Waals surface area contributed by atoms with Crippen molar-refractivity contribution in [3.05, 3.63) is 70.3 Å². The van der Waals surface area contributed by atoms with Gasteiger partial charge in [0, 0.05) is 24.2 Å². The summed E-state index contributed by atoms with van der Waals surface area (Å²) in [6.45, 7) is 2.30. The fourth-order valence-corrected chi connectivity index (χ4v) is 2.24. The zero-order chi connectivity index (χ0) is 14.1. The molecule has 102 valence electrons. The molecule has 2 aromatic heterocycles. The van der Waals surface area contributed by atoms with Crippen LogP contribution < -0.4 is 11.3 Å². The minimum atomic E-state index is -0.345. The van der Waals surface area contributed by atoms with Gasteiger partial charge in [-0.15, -0.1) is 0 Å². The highest BCUT2D eigenvalue weighted by Gasteiger charge is 2.13. The van der Waals surface area contributed by atoms with E-state index in [9.17, 15) is 4.79 Å². The Kier molecular flexibility index (Phi) is 3.16. The lowest BCUT2D eigenvalue weighted by Crippen LogP contribution is -2.25. The van der Waals surface area contributed by atoms with Crippen LogP contribution in [0.4, 0.5) is 0 Å². The zero-order valence-electron chi connectivity index (χ0n) is 11.2. The number of aromatic nitrogens is 1. The van der Waals surface area contributed by atoms with Crippen molar-refractivity contribution < 1.29 is 4.42 Å². The van der Waals surface area contributed by atoms with Crippen LogP contribution in [0, 0.1) is 6.92 Å². The molecule has 3 rings (SSSR count). The summed E-state index contributed by atoms with van der Waals surface area (Å²) in [5.41, 5.74) is 7.86. The summed E-state index contributed by atoms with van der Waals surface area (Å²) in [6, 6.07) is 12.8. The Balaban J connectivity index is 1.88. The molecule has 0 fully saturated rings. The van der Waals surface area contributed by atoms with Gasteiger partial charge in [-0.3, -0.25) is 4.79 Å². The molecule has 0 aliphatic rings. The van der Waals surface area contributed by atoms with E-state index in [2.05, 4.69) is 0 Å². The fraction of sp³-hybridized carbons (Fsp3) is 0.188. The summed E-state index contributed by atoms with van der Waals surface area (Å²) >= 11 is 0. The van der Waals surface area contributed by atoms with E-state index in [1.54, 1.807) is 16.8 Å². The zero-order valence-corrected chi connectivity index (χ0v) is 11.2. The van der Waals surface area contributed by atoms with Gasteiger partial charge in [0.1, 0.15) is 11.3 Å². The van der Waals surface area contributed by atoms with Gasteiger partial charge in [-0.2, -0.15) is 0 Å². The molecule has 4 heteroatoms. The van der Waals surface area contributed by atoms with Gasteiger partial charge in [-0.05, 0) is 30.7 Å². The van der Waals surface area contributed by atoms with Crippen molar-refractivity contribution in [2.45, 2.75) is 19.5 Å². The molecule has 0 spiro atoms. The Labute approximate surface area is 116 Å². The second-order valence-electron chi connectivity index (χ2n) is 4.99. The van der Waals surface area contributed by atoms with Crippen LogP contribution in [0.5, 0.6) is 0 Å². The summed E-state index contributed by atoms with van der Waals surface area (Å²) in [4.78, 5) is 11.9.